The van der Waals surface area contributed by atoms with Gasteiger partial charge in [0.1, 0.15) is 11.9 Å². The van der Waals surface area contributed by atoms with Crippen molar-refractivity contribution in [1.82, 2.24) is 0 Å². The van der Waals surface area contributed by atoms with E-state index in [0.717, 1.165) is 49.4 Å². The molecule has 0 radical (unpaired) electrons. The fourth-order valence-corrected chi connectivity index (χ4v) is 7.01. The molecule has 4 aliphatic rings. The third kappa shape index (κ3) is 2.46. The Hall–Kier alpha value is -0.860. The van der Waals surface area contributed by atoms with Crippen LogP contribution >= 0.6 is 0 Å². The zero-order chi connectivity index (χ0) is 16.2. The lowest BCUT2D eigenvalue weighted by Gasteiger charge is -2.55. The SMILES string of the molecule is CC(=O)OC1CCC2C3CCC4CC(=O)CCC4C3CCC12C. The monoisotopic (exact) mass is 318 g/mol. The second-order valence-corrected chi connectivity index (χ2v) is 8.94. The molecule has 0 saturated heterocycles. The number of hydrogen-bond donors (Lipinski definition) is 0. The lowest BCUT2D eigenvalue weighted by atomic mass is 9.50. The van der Waals surface area contributed by atoms with Crippen LogP contribution in [0.1, 0.15) is 71.6 Å². The summed E-state index contributed by atoms with van der Waals surface area (Å²) in [7, 11) is 0. The summed E-state index contributed by atoms with van der Waals surface area (Å²) in [4.78, 5) is 23.3. The third-order valence-corrected chi connectivity index (χ3v) is 7.99. The van der Waals surface area contributed by atoms with Crippen LogP contribution in [0.5, 0.6) is 0 Å². The second kappa shape index (κ2) is 5.60. The van der Waals surface area contributed by atoms with Crippen molar-refractivity contribution in [2.24, 2.45) is 35.0 Å². The van der Waals surface area contributed by atoms with Crippen LogP contribution in [-0.4, -0.2) is 17.9 Å². The Morgan fingerprint density at radius 1 is 1.04 bits per heavy atom. The molecule has 23 heavy (non-hydrogen) atoms. The second-order valence-electron chi connectivity index (χ2n) is 8.94. The highest BCUT2D eigenvalue weighted by Gasteiger charge is 2.58. The van der Waals surface area contributed by atoms with E-state index < -0.39 is 0 Å². The van der Waals surface area contributed by atoms with E-state index in [4.69, 9.17) is 4.74 Å². The van der Waals surface area contributed by atoms with Gasteiger partial charge in [0.25, 0.3) is 0 Å². The molecule has 0 spiro atoms. The molecule has 0 bridgehead atoms. The van der Waals surface area contributed by atoms with Crippen LogP contribution in [0.4, 0.5) is 0 Å². The molecule has 4 rings (SSSR count). The van der Waals surface area contributed by atoms with Gasteiger partial charge in [0.2, 0.25) is 0 Å². The summed E-state index contributed by atoms with van der Waals surface area (Å²) in [5.41, 5.74) is 0.199. The maximum absolute atomic E-state index is 11.8. The van der Waals surface area contributed by atoms with Crippen LogP contribution in [0.15, 0.2) is 0 Å². The molecule has 0 aromatic carbocycles. The molecule has 0 amide bonds. The van der Waals surface area contributed by atoms with Crippen molar-refractivity contribution in [3.8, 4) is 0 Å². The summed E-state index contributed by atoms with van der Waals surface area (Å²) in [5, 5.41) is 0. The molecule has 128 valence electrons. The summed E-state index contributed by atoms with van der Waals surface area (Å²) in [5.74, 6) is 4.22. The molecule has 0 aliphatic heterocycles. The first-order chi connectivity index (χ1) is 11.0. The van der Waals surface area contributed by atoms with Gasteiger partial charge in [0.05, 0.1) is 0 Å². The molecular formula is C20H30O3. The van der Waals surface area contributed by atoms with Gasteiger partial charge in [-0.3, -0.25) is 9.59 Å². The van der Waals surface area contributed by atoms with E-state index in [0.29, 0.717) is 11.7 Å². The number of esters is 1. The van der Waals surface area contributed by atoms with E-state index in [9.17, 15) is 9.59 Å². The molecule has 4 saturated carbocycles. The normalized spacial score (nSPS) is 49.0. The van der Waals surface area contributed by atoms with Crippen molar-refractivity contribution in [3.63, 3.8) is 0 Å². The Bertz CT molecular complexity index is 513. The minimum absolute atomic E-state index is 0.117. The third-order valence-electron chi connectivity index (χ3n) is 7.99. The molecule has 0 aromatic heterocycles. The Kier molecular flexibility index (Phi) is 3.81. The number of ketones is 1. The first-order valence-corrected chi connectivity index (χ1v) is 9.68. The lowest BCUT2D eigenvalue weighted by molar-refractivity contribution is -0.157. The highest BCUT2D eigenvalue weighted by molar-refractivity contribution is 5.79. The molecule has 7 atom stereocenters. The Labute approximate surface area is 139 Å². The molecule has 0 heterocycles. The van der Waals surface area contributed by atoms with Crippen molar-refractivity contribution < 1.29 is 14.3 Å². The highest BCUT2D eigenvalue weighted by atomic mass is 16.5. The van der Waals surface area contributed by atoms with Gasteiger partial charge in [0.15, 0.2) is 0 Å². The summed E-state index contributed by atoms with van der Waals surface area (Å²) in [6, 6.07) is 0. The average molecular weight is 318 g/mol. The zero-order valence-corrected chi connectivity index (χ0v) is 14.6. The molecule has 4 fully saturated rings. The van der Waals surface area contributed by atoms with Crippen molar-refractivity contribution >= 4 is 11.8 Å². The number of carbonyl (C=O) groups excluding carboxylic acids is 2. The predicted molar refractivity (Wildman–Crippen MR) is 87.7 cm³/mol. The zero-order valence-electron chi connectivity index (χ0n) is 14.6. The van der Waals surface area contributed by atoms with Crippen molar-refractivity contribution in [2.45, 2.75) is 77.7 Å². The highest BCUT2D eigenvalue weighted by Crippen LogP contribution is 2.62. The van der Waals surface area contributed by atoms with Gasteiger partial charge < -0.3 is 4.74 Å². The molecule has 7 unspecified atom stereocenters. The predicted octanol–water partition coefficient (Wildman–Crippen LogP) is 4.14. The van der Waals surface area contributed by atoms with Gasteiger partial charge in [0, 0.05) is 25.2 Å². The number of rotatable bonds is 1. The van der Waals surface area contributed by atoms with Gasteiger partial charge in [-0.05, 0) is 74.5 Å². The van der Waals surface area contributed by atoms with Gasteiger partial charge in [-0.25, -0.2) is 0 Å². The molecule has 3 heteroatoms. The van der Waals surface area contributed by atoms with Crippen LogP contribution in [0.25, 0.3) is 0 Å². The molecule has 3 nitrogen and oxygen atoms in total. The summed E-state index contributed by atoms with van der Waals surface area (Å²) in [6.45, 7) is 3.93. The van der Waals surface area contributed by atoms with Crippen molar-refractivity contribution in [1.29, 1.82) is 0 Å². The van der Waals surface area contributed by atoms with E-state index in [2.05, 4.69) is 6.92 Å². The standard InChI is InChI=1S/C20H30O3/c1-12(21)23-19-8-7-18-17-5-3-13-11-14(22)4-6-15(13)16(17)9-10-20(18,19)2/h13,15-19H,3-11H2,1-2H3. The molecule has 0 aromatic rings. The smallest absolute Gasteiger partial charge is 0.302 e. The van der Waals surface area contributed by atoms with Gasteiger partial charge in [-0.1, -0.05) is 6.92 Å². The number of carbonyl (C=O) groups is 2. The minimum Gasteiger partial charge on any atom is -0.462 e. The molecule has 4 aliphatic carbocycles. The Morgan fingerprint density at radius 3 is 2.65 bits per heavy atom. The summed E-state index contributed by atoms with van der Waals surface area (Å²) in [6.07, 6.45) is 10.3. The van der Waals surface area contributed by atoms with Crippen LogP contribution in [0, 0.1) is 35.0 Å². The first-order valence-electron chi connectivity index (χ1n) is 9.68. The Morgan fingerprint density at radius 2 is 1.87 bits per heavy atom. The fraction of sp³-hybridized carbons (Fsp3) is 0.900. The topological polar surface area (TPSA) is 43.4 Å². The number of fused-ring (bicyclic) bond motifs is 5. The Balaban J connectivity index is 1.53. The van der Waals surface area contributed by atoms with Crippen molar-refractivity contribution in [3.05, 3.63) is 0 Å². The van der Waals surface area contributed by atoms with Gasteiger partial charge in [-0.15, -0.1) is 0 Å². The van der Waals surface area contributed by atoms with Crippen molar-refractivity contribution in [2.75, 3.05) is 0 Å². The van der Waals surface area contributed by atoms with Gasteiger partial charge >= 0.3 is 5.97 Å². The quantitative estimate of drug-likeness (QED) is 0.682. The maximum atomic E-state index is 11.8. The first kappa shape index (κ1) is 15.7. The lowest BCUT2D eigenvalue weighted by Crippen LogP contribution is -2.50. The van der Waals surface area contributed by atoms with E-state index in [1.165, 1.54) is 32.1 Å². The van der Waals surface area contributed by atoms with Gasteiger partial charge in [-0.2, -0.15) is 0 Å². The van der Waals surface area contributed by atoms with E-state index in [-0.39, 0.29) is 17.5 Å². The maximum Gasteiger partial charge on any atom is 0.302 e. The summed E-state index contributed by atoms with van der Waals surface area (Å²) < 4.78 is 5.70. The average Bonchev–Trinajstić information content (AvgIpc) is 2.83. The molecule has 0 N–H and O–H groups in total. The number of ether oxygens (including phenoxy) is 1. The largest absolute Gasteiger partial charge is 0.462 e. The van der Waals surface area contributed by atoms with Crippen LogP contribution in [-0.2, 0) is 14.3 Å². The number of Topliss-reactive ketones (excluding diaryl/α,β-unsaturated/α-hetero) is 1. The number of hydrogen-bond acceptors (Lipinski definition) is 3. The van der Waals surface area contributed by atoms with E-state index in [1.807, 2.05) is 0 Å². The van der Waals surface area contributed by atoms with Crippen LogP contribution in [0.2, 0.25) is 0 Å². The fourth-order valence-electron chi connectivity index (χ4n) is 7.01. The molecular weight excluding hydrogens is 288 g/mol. The van der Waals surface area contributed by atoms with E-state index >= 15 is 0 Å². The van der Waals surface area contributed by atoms with Crippen LogP contribution in [0.3, 0.4) is 0 Å². The van der Waals surface area contributed by atoms with Crippen LogP contribution < -0.4 is 0 Å². The van der Waals surface area contributed by atoms with E-state index in [1.54, 1.807) is 6.92 Å². The minimum atomic E-state index is -0.117. The summed E-state index contributed by atoms with van der Waals surface area (Å²) >= 11 is 0.